The number of carbonyl (C=O) groups excluding carboxylic acids is 2. The second kappa shape index (κ2) is 13.9. The summed E-state index contributed by atoms with van der Waals surface area (Å²) in [5.41, 5.74) is 0.584. The lowest BCUT2D eigenvalue weighted by Gasteiger charge is -2.31. The van der Waals surface area contributed by atoms with Gasteiger partial charge in [0, 0.05) is 31.6 Å². The van der Waals surface area contributed by atoms with E-state index in [9.17, 15) is 27.9 Å². The first-order valence-electron chi connectivity index (χ1n) is 13.2. The number of carbonyl (C=O) groups is 2. The third-order valence-corrected chi connectivity index (χ3v) is 7.32. The maximum Gasteiger partial charge on any atom is 0.573 e. The van der Waals surface area contributed by atoms with Gasteiger partial charge in [-0.05, 0) is 31.9 Å². The topological polar surface area (TPSA) is 145 Å². The number of esters is 2. The van der Waals surface area contributed by atoms with Crippen LogP contribution in [0.2, 0.25) is 0 Å². The van der Waals surface area contributed by atoms with Gasteiger partial charge in [-0.25, -0.2) is 9.97 Å². The summed E-state index contributed by atoms with van der Waals surface area (Å²) in [5.74, 6) is -0.763. The zero-order valence-corrected chi connectivity index (χ0v) is 24.3. The molecule has 1 aliphatic rings. The van der Waals surface area contributed by atoms with Crippen LogP contribution in [0.15, 0.2) is 30.6 Å². The number of aliphatic hydroxyl groups excluding tert-OH is 1. The number of rotatable bonds is 11. The van der Waals surface area contributed by atoms with E-state index in [0.717, 1.165) is 23.5 Å². The lowest BCUT2D eigenvalue weighted by atomic mass is 9.97. The Bertz CT molecular complexity index is 1410. The monoisotopic (exact) mass is 625 g/mol. The molecule has 1 fully saturated rings. The molecule has 1 saturated heterocycles. The summed E-state index contributed by atoms with van der Waals surface area (Å²) >= 11 is 1.03. The number of alkyl halides is 3. The van der Waals surface area contributed by atoms with Gasteiger partial charge in [-0.2, -0.15) is 0 Å². The molecule has 2 aromatic heterocycles. The number of benzene rings is 1. The molecule has 1 unspecified atom stereocenters. The number of hydrogen-bond acceptors (Lipinski definition) is 13. The Morgan fingerprint density at radius 2 is 1.86 bits per heavy atom. The van der Waals surface area contributed by atoms with Crippen molar-refractivity contribution in [3.8, 4) is 22.8 Å². The van der Waals surface area contributed by atoms with Crippen molar-refractivity contribution in [3.63, 3.8) is 0 Å². The molecule has 2 N–H and O–H groups in total. The number of aliphatic hydroxyl groups is 1. The quantitative estimate of drug-likeness (QED) is 0.229. The number of methoxy groups -OCH3 is 1. The van der Waals surface area contributed by atoms with E-state index in [0.29, 0.717) is 43.2 Å². The first-order chi connectivity index (χ1) is 20.5. The van der Waals surface area contributed by atoms with Crippen LogP contribution in [0.25, 0.3) is 11.3 Å². The van der Waals surface area contributed by atoms with Crippen LogP contribution in [-0.4, -0.2) is 65.2 Å². The number of hydrogen-bond donors (Lipinski definition) is 2. The van der Waals surface area contributed by atoms with Gasteiger partial charge in [0.05, 0.1) is 42.6 Å². The van der Waals surface area contributed by atoms with E-state index in [2.05, 4.69) is 25.0 Å². The fourth-order valence-corrected chi connectivity index (χ4v) is 5.27. The molecule has 4 rings (SSSR count). The molecule has 0 bridgehead atoms. The molecule has 3 aromatic rings. The first-order valence-corrected chi connectivity index (χ1v) is 14.0. The van der Waals surface area contributed by atoms with Gasteiger partial charge in [-0.3, -0.25) is 14.6 Å². The number of nitrogens with one attached hydrogen (secondary N) is 1. The molecule has 0 amide bonds. The molecule has 16 heteroatoms. The average Bonchev–Trinajstić information content (AvgIpc) is 3.37. The highest BCUT2D eigenvalue weighted by Crippen LogP contribution is 2.38. The van der Waals surface area contributed by atoms with Gasteiger partial charge in [-0.1, -0.05) is 11.3 Å². The molecule has 1 aliphatic heterocycles. The third-order valence-electron chi connectivity index (χ3n) is 6.36. The Balaban J connectivity index is 1.50. The second-order valence-corrected chi connectivity index (χ2v) is 10.5. The summed E-state index contributed by atoms with van der Waals surface area (Å²) in [6.07, 6.45) is -2.09. The van der Waals surface area contributed by atoms with Crippen LogP contribution in [0.4, 0.5) is 24.1 Å². The Kier molecular flexibility index (Phi) is 10.2. The number of halogens is 3. The Morgan fingerprint density at radius 3 is 2.47 bits per heavy atom. The second-order valence-electron chi connectivity index (χ2n) is 9.38. The van der Waals surface area contributed by atoms with E-state index >= 15 is 0 Å². The van der Waals surface area contributed by atoms with Crippen molar-refractivity contribution in [1.82, 2.24) is 15.0 Å². The lowest BCUT2D eigenvalue weighted by Crippen LogP contribution is -2.37. The van der Waals surface area contributed by atoms with Crippen LogP contribution in [0.3, 0.4) is 0 Å². The standard InChI is InChI=1S/C27H30F3N5O7S/c1-4-40-25(38)16-5-7-35(8-6-16)22-13-31-20(12-32-22)24(37)34-26-33-23(21(43-26)14-41-15(2)36)17-9-18(39-3)11-19(10-17)42-27(28,29)30/h9-13,16,24,37H,4-8,14H2,1-3H3,(H,33,34). The number of ether oxygens (including phenoxy) is 4. The Morgan fingerprint density at radius 1 is 1.14 bits per heavy atom. The first kappa shape index (κ1) is 31.7. The smallest absolute Gasteiger partial charge is 0.497 e. The maximum absolute atomic E-state index is 12.9. The summed E-state index contributed by atoms with van der Waals surface area (Å²) in [6.45, 7) is 4.33. The molecule has 0 aliphatic carbocycles. The van der Waals surface area contributed by atoms with Crippen LogP contribution in [-0.2, 0) is 25.7 Å². The largest absolute Gasteiger partial charge is 0.573 e. The molecule has 0 radical (unpaired) electrons. The highest BCUT2D eigenvalue weighted by atomic mass is 32.1. The molecular weight excluding hydrogens is 595 g/mol. The normalized spacial score (nSPS) is 14.6. The van der Waals surface area contributed by atoms with Crippen LogP contribution in [0, 0.1) is 5.92 Å². The molecule has 3 heterocycles. The zero-order valence-electron chi connectivity index (χ0n) is 23.5. The van der Waals surface area contributed by atoms with E-state index in [1.165, 1.54) is 32.5 Å². The van der Waals surface area contributed by atoms with E-state index in [4.69, 9.17) is 14.2 Å². The van der Waals surface area contributed by atoms with Crippen molar-refractivity contribution < 1.29 is 46.8 Å². The predicted molar refractivity (Wildman–Crippen MR) is 148 cm³/mol. The summed E-state index contributed by atoms with van der Waals surface area (Å²) < 4.78 is 58.1. The van der Waals surface area contributed by atoms with Crippen LogP contribution in [0.1, 0.15) is 43.5 Å². The minimum Gasteiger partial charge on any atom is -0.497 e. The number of thiazole rings is 1. The van der Waals surface area contributed by atoms with Crippen LogP contribution < -0.4 is 19.7 Å². The van der Waals surface area contributed by atoms with Gasteiger partial charge < -0.3 is 34.3 Å². The molecule has 12 nitrogen and oxygen atoms in total. The fraction of sp³-hybridized carbons (Fsp3) is 0.444. The van der Waals surface area contributed by atoms with Gasteiger partial charge in [0.25, 0.3) is 0 Å². The van der Waals surface area contributed by atoms with Gasteiger partial charge >= 0.3 is 18.3 Å². The predicted octanol–water partition coefficient (Wildman–Crippen LogP) is 4.45. The van der Waals surface area contributed by atoms with Crippen molar-refractivity contribution in [2.45, 2.75) is 45.9 Å². The zero-order chi connectivity index (χ0) is 31.1. The van der Waals surface area contributed by atoms with Crippen molar-refractivity contribution in [2.75, 3.05) is 37.0 Å². The summed E-state index contributed by atoms with van der Waals surface area (Å²) in [7, 11) is 1.29. The molecule has 0 spiro atoms. The average molecular weight is 626 g/mol. The van der Waals surface area contributed by atoms with E-state index in [1.54, 1.807) is 6.92 Å². The summed E-state index contributed by atoms with van der Waals surface area (Å²) in [5, 5.41) is 13.8. The van der Waals surface area contributed by atoms with Crippen molar-refractivity contribution >= 4 is 34.2 Å². The van der Waals surface area contributed by atoms with E-state index in [1.807, 2.05) is 4.90 Å². The van der Waals surface area contributed by atoms with E-state index in [-0.39, 0.29) is 46.3 Å². The lowest BCUT2D eigenvalue weighted by molar-refractivity contribution is -0.274. The molecule has 1 aromatic carbocycles. The summed E-state index contributed by atoms with van der Waals surface area (Å²) in [6, 6.07) is 3.65. The minimum absolute atomic E-state index is 0.0817. The van der Waals surface area contributed by atoms with E-state index < -0.39 is 24.3 Å². The molecule has 1 atom stereocenters. The van der Waals surface area contributed by atoms with Gasteiger partial charge in [0.1, 0.15) is 29.6 Å². The van der Waals surface area contributed by atoms with Crippen molar-refractivity contribution in [2.24, 2.45) is 5.92 Å². The minimum atomic E-state index is -4.93. The van der Waals surface area contributed by atoms with Crippen LogP contribution in [0.5, 0.6) is 11.5 Å². The molecule has 43 heavy (non-hydrogen) atoms. The van der Waals surface area contributed by atoms with Gasteiger partial charge in [0.15, 0.2) is 11.4 Å². The third kappa shape index (κ3) is 8.67. The number of nitrogens with zero attached hydrogens (tertiary/aromatic N) is 4. The molecule has 232 valence electrons. The maximum atomic E-state index is 12.9. The summed E-state index contributed by atoms with van der Waals surface area (Å²) in [4.78, 5) is 39.0. The van der Waals surface area contributed by atoms with Crippen molar-refractivity contribution in [3.05, 3.63) is 41.2 Å². The van der Waals surface area contributed by atoms with Crippen LogP contribution >= 0.6 is 11.3 Å². The highest BCUT2D eigenvalue weighted by molar-refractivity contribution is 7.16. The number of aromatic nitrogens is 3. The fourth-order valence-electron chi connectivity index (χ4n) is 4.35. The highest BCUT2D eigenvalue weighted by Gasteiger charge is 2.32. The van der Waals surface area contributed by atoms with Gasteiger partial charge in [-0.15, -0.1) is 13.2 Å². The Labute approximate surface area is 248 Å². The number of anilines is 2. The van der Waals surface area contributed by atoms with Gasteiger partial charge in [0.2, 0.25) is 0 Å². The van der Waals surface area contributed by atoms with Crippen molar-refractivity contribution in [1.29, 1.82) is 0 Å². The Hall–Kier alpha value is -4.18. The molecule has 0 saturated carbocycles. The number of piperidine rings is 1. The molecular formula is C27H30F3N5O7S. The SMILES string of the molecule is CCOC(=O)C1CCN(c2cnc(C(O)Nc3nc(-c4cc(OC)cc(OC(F)(F)F)c4)c(COC(C)=O)s3)cn2)CC1.